The minimum Gasteiger partial charge on any atom is -0.478 e. The molecule has 0 aromatic heterocycles. The van der Waals surface area contributed by atoms with E-state index in [0.717, 1.165) is 12.8 Å². The zero-order chi connectivity index (χ0) is 10.8. The van der Waals surface area contributed by atoms with E-state index in [-0.39, 0.29) is 12.0 Å². The fourth-order valence-corrected chi connectivity index (χ4v) is 1.64. The summed E-state index contributed by atoms with van der Waals surface area (Å²) in [6.07, 6.45) is 1.25. The molecule has 0 unspecified atom stereocenters. The number of ether oxygens (including phenoxy) is 1. The van der Waals surface area contributed by atoms with Gasteiger partial charge in [0.25, 0.3) is 5.91 Å². The molecule has 1 aliphatic heterocycles. The summed E-state index contributed by atoms with van der Waals surface area (Å²) in [4.78, 5) is 11.6. The van der Waals surface area contributed by atoms with Gasteiger partial charge < -0.3 is 15.8 Å². The van der Waals surface area contributed by atoms with Gasteiger partial charge in [0.1, 0.15) is 11.4 Å². The molecular weight excluding hydrogens is 192 g/mol. The van der Waals surface area contributed by atoms with Crippen molar-refractivity contribution < 1.29 is 9.53 Å². The molecule has 80 valence electrons. The van der Waals surface area contributed by atoms with Crippen LogP contribution in [-0.2, 0) is 4.79 Å². The van der Waals surface area contributed by atoms with Crippen molar-refractivity contribution in [2.45, 2.75) is 25.9 Å². The van der Waals surface area contributed by atoms with Crippen LogP contribution in [0.5, 0.6) is 5.75 Å². The molecule has 0 aliphatic carbocycles. The third-order valence-electron chi connectivity index (χ3n) is 2.42. The van der Waals surface area contributed by atoms with E-state index in [0.29, 0.717) is 17.1 Å². The number of nitrogens with two attached hydrogens (primary N) is 1. The highest BCUT2D eigenvalue weighted by atomic mass is 16.5. The van der Waals surface area contributed by atoms with Gasteiger partial charge in [0.2, 0.25) is 0 Å². The highest BCUT2D eigenvalue weighted by Crippen LogP contribution is 2.34. The molecule has 1 aliphatic rings. The maximum atomic E-state index is 11.6. The molecule has 1 atom stereocenters. The van der Waals surface area contributed by atoms with Gasteiger partial charge in [0, 0.05) is 0 Å². The van der Waals surface area contributed by atoms with E-state index in [1.165, 1.54) is 0 Å². The molecule has 2 rings (SSSR count). The van der Waals surface area contributed by atoms with Crippen molar-refractivity contribution in [1.29, 1.82) is 0 Å². The predicted octanol–water partition coefficient (Wildman–Crippen LogP) is 1.77. The first kappa shape index (κ1) is 9.83. The second-order valence-corrected chi connectivity index (χ2v) is 3.60. The number of fused-ring (bicyclic) bond motifs is 1. The average Bonchev–Trinajstić information content (AvgIpc) is 2.21. The first-order valence-corrected chi connectivity index (χ1v) is 5.08. The molecule has 4 heteroatoms. The van der Waals surface area contributed by atoms with Crippen molar-refractivity contribution in [1.82, 2.24) is 0 Å². The Balaban J connectivity index is 2.30. The quantitative estimate of drug-likeness (QED) is 0.725. The fraction of sp³-hybridized carbons (Fsp3) is 0.364. The summed E-state index contributed by atoms with van der Waals surface area (Å²) < 4.78 is 5.57. The average molecular weight is 206 g/mol. The molecule has 0 bridgehead atoms. The third kappa shape index (κ3) is 1.75. The molecule has 4 nitrogen and oxygen atoms in total. The molecule has 0 saturated carbocycles. The number of hydrogen-bond donors (Lipinski definition) is 2. The van der Waals surface area contributed by atoms with Crippen LogP contribution in [0.2, 0.25) is 0 Å². The van der Waals surface area contributed by atoms with Gasteiger partial charge in [0.15, 0.2) is 6.10 Å². The summed E-state index contributed by atoms with van der Waals surface area (Å²) in [6, 6.07) is 5.37. The maximum Gasteiger partial charge on any atom is 0.265 e. The van der Waals surface area contributed by atoms with Crippen molar-refractivity contribution >= 4 is 17.3 Å². The number of carbonyl (C=O) groups excluding carboxylic acids is 1. The van der Waals surface area contributed by atoms with E-state index in [2.05, 4.69) is 5.32 Å². The zero-order valence-corrected chi connectivity index (χ0v) is 8.62. The molecule has 1 aromatic carbocycles. The summed E-state index contributed by atoms with van der Waals surface area (Å²) in [5.41, 5.74) is 6.86. The van der Waals surface area contributed by atoms with E-state index in [1.54, 1.807) is 6.07 Å². The molecule has 15 heavy (non-hydrogen) atoms. The Labute approximate surface area is 88.4 Å². The van der Waals surface area contributed by atoms with Gasteiger partial charge >= 0.3 is 0 Å². The molecule has 0 spiro atoms. The van der Waals surface area contributed by atoms with Gasteiger partial charge in [0.05, 0.1) is 5.69 Å². The number of para-hydroxylation sites is 1. The molecule has 0 saturated heterocycles. The Hall–Kier alpha value is -1.71. The number of carbonyl (C=O) groups is 1. The number of amides is 1. The highest BCUT2D eigenvalue weighted by Gasteiger charge is 2.27. The number of nitrogens with one attached hydrogen (secondary N) is 1. The largest absolute Gasteiger partial charge is 0.478 e. The second-order valence-electron chi connectivity index (χ2n) is 3.60. The van der Waals surface area contributed by atoms with E-state index in [9.17, 15) is 4.79 Å². The minimum atomic E-state index is -0.385. The van der Waals surface area contributed by atoms with Crippen LogP contribution in [0.25, 0.3) is 0 Å². The van der Waals surface area contributed by atoms with Gasteiger partial charge in [-0.2, -0.15) is 0 Å². The molecule has 3 N–H and O–H groups in total. The van der Waals surface area contributed by atoms with Crippen molar-refractivity contribution in [3.05, 3.63) is 18.2 Å². The third-order valence-corrected chi connectivity index (χ3v) is 2.42. The molecule has 0 radical (unpaired) electrons. The minimum absolute atomic E-state index is 0.109. The summed E-state index contributed by atoms with van der Waals surface area (Å²) in [5, 5.41) is 2.77. The Morgan fingerprint density at radius 1 is 1.53 bits per heavy atom. The lowest BCUT2D eigenvalue weighted by molar-refractivity contribution is -0.123. The van der Waals surface area contributed by atoms with Crippen LogP contribution in [0.15, 0.2) is 18.2 Å². The molecule has 1 aromatic rings. The SMILES string of the molecule is CCC[C@H]1Oc2cccc(N)c2NC1=O. The fourth-order valence-electron chi connectivity index (χ4n) is 1.64. The smallest absolute Gasteiger partial charge is 0.265 e. The first-order valence-electron chi connectivity index (χ1n) is 5.08. The van der Waals surface area contributed by atoms with Gasteiger partial charge in [-0.05, 0) is 18.6 Å². The topological polar surface area (TPSA) is 64.3 Å². The number of benzene rings is 1. The van der Waals surface area contributed by atoms with Crippen molar-refractivity contribution in [2.24, 2.45) is 0 Å². The second kappa shape index (κ2) is 3.81. The Morgan fingerprint density at radius 3 is 3.07 bits per heavy atom. The standard InChI is InChI=1S/C11H14N2O2/c1-2-4-9-11(14)13-10-7(12)5-3-6-8(10)15-9/h3,5-6,9H,2,4,12H2,1H3,(H,13,14)/t9-/m1/s1. The summed E-state index contributed by atoms with van der Waals surface area (Å²) >= 11 is 0. The Kier molecular flexibility index (Phi) is 2.49. The van der Waals surface area contributed by atoms with Gasteiger partial charge in [-0.1, -0.05) is 19.4 Å². The van der Waals surface area contributed by atoms with Crippen molar-refractivity contribution in [3.8, 4) is 5.75 Å². The van der Waals surface area contributed by atoms with Crippen LogP contribution in [0.3, 0.4) is 0 Å². The Bertz CT molecular complexity index is 390. The maximum absolute atomic E-state index is 11.6. The summed E-state index contributed by atoms with van der Waals surface area (Å²) in [6.45, 7) is 2.02. The highest BCUT2D eigenvalue weighted by molar-refractivity contribution is 6.00. The number of rotatable bonds is 2. The van der Waals surface area contributed by atoms with E-state index < -0.39 is 0 Å². The normalized spacial score (nSPS) is 19.0. The van der Waals surface area contributed by atoms with Crippen LogP contribution in [0.4, 0.5) is 11.4 Å². The van der Waals surface area contributed by atoms with Crippen LogP contribution < -0.4 is 15.8 Å². The van der Waals surface area contributed by atoms with E-state index in [1.807, 2.05) is 19.1 Å². The van der Waals surface area contributed by atoms with Gasteiger partial charge in [-0.25, -0.2) is 0 Å². The van der Waals surface area contributed by atoms with Gasteiger partial charge in [-0.15, -0.1) is 0 Å². The van der Waals surface area contributed by atoms with Crippen LogP contribution >= 0.6 is 0 Å². The van der Waals surface area contributed by atoms with E-state index >= 15 is 0 Å². The van der Waals surface area contributed by atoms with Gasteiger partial charge in [-0.3, -0.25) is 4.79 Å². The Morgan fingerprint density at radius 2 is 2.33 bits per heavy atom. The lowest BCUT2D eigenvalue weighted by atomic mass is 10.1. The number of hydrogen-bond acceptors (Lipinski definition) is 3. The van der Waals surface area contributed by atoms with E-state index in [4.69, 9.17) is 10.5 Å². The number of anilines is 2. The molecule has 0 fully saturated rings. The lowest BCUT2D eigenvalue weighted by Crippen LogP contribution is -2.37. The molecule has 1 amide bonds. The predicted molar refractivity (Wildman–Crippen MR) is 58.8 cm³/mol. The molecular formula is C11H14N2O2. The molecule has 1 heterocycles. The summed E-state index contributed by atoms with van der Waals surface area (Å²) in [7, 11) is 0. The van der Waals surface area contributed by atoms with Crippen LogP contribution in [0.1, 0.15) is 19.8 Å². The van der Waals surface area contributed by atoms with Crippen LogP contribution in [0, 0.1) is 0 Å². The van der Waals surface area contributed by atoms with Crippen molar-refractivity contribution in [2.75, 3.05) is 11.1 Å². The van der Waals surface area contributed by atoms with Crippen LogP contribution in [-0.4, -0.2) is 12.0 Å². The monoisotopic (exact) mass is 206 g/mol. The zero-order valence-electron chi connectivity index (χ0n) is 8.62. The van der Waals surface area contributed by atoms with Crippen molar-refractivity contribution in [3.63, 3.8) is 0 Å². The summed E-state index contributed by atoms with van der Waals surface area (Å²) in [5.74, 6) is 0.551. The number of nitrogen functional groups attached to an aromatic ring is 1. The first-order chi connectivity index (χ1) is 7.22. The lowest BCUT2D eigenvalue weighted by Gasteiger charge is -2.26.